The van der Waals surface area contributed by atoms with Gasteiger partial charge in [0.05, 0.1) is 34.2 Å². The Morgan fingerprint density at radius 2 is 1.23 bits per heavy atom. The van der Waals surface area contributed by atoms with Crippen molar-refractivity contribution in [2.24, 2.45) is 11.3 Å². The van der Waals surface area contributed by atoms with Gasteiger partial charge in [0.25, 0.3) is 0 Å². The van der Waals surface area contributed by atoms with Gasteiger partial charge in [-0.05, 0) is 85.0 Å². The second-order valence-corrected chi connectivity index (χ2v) is 14.2. The first-order valence-corrected chi connectivity index (χ1v) is 17.4. The Kier molecular flexibility index (Phi) is 8.14. The van der Waals surface area contributed by atoms with Crippen LogP contribution in [0.3, 0.4) is 0 Å². The summed E-state index contributed by atoms with van der Waals surface area (Å²) in [4.78, 5) is 47.3. The molecule has 3 atom stereocenters. The summed E-state index contributed by atoms with van der Waals surface area (Å²) < 4.78 is 0. The third kappa shape index (κ3) is 5.72. The molecule has 0 radical (unpaired) electrons. The first-order chi connectivity index (χ1) is 22.7. The van der Waals surface area contributed by atoms with Gasteiger partial charge in [0.1, 0.15) is 11.6 Å². The van der Waals surface area contributed by atoms with Crippen LogP contribution >= 0.6 is 0 Å². The van der Waals surface area contributed by atoms with Crippen LogP contribution in [-0.2, 0) is 9.59 Å². The van der Waals surface area contributed by atoms with Gasteiger partial charge in [-0.2, -0.15) is 0 Å². The van der Waals surface area contributed by atoms with Crippen LogP contribution in [0.5, 0.6) is 0 Å². The van der Waals surface area contributed by atoms with Crippen LogP contribution in [0.25, 0.3) is 44.3 Å². The second-order valence-electron chi connectivity index (χ2n) is 14.2. The summed E-state index contributed by atoms with van der Waals surface area (Å²) in [6, 6.07) is 21.4. The maximum absolute atomic E-state index is 13.3. The van der Waals surface area contributed by atoms with Gasteiger partial charge in [-0.1, -0.05) is 71.0 Å². The normalized spacial score (nSPS) is 19.3. The molecule has 2 aromatic heterocycles. The fourth-order valence-corrected chi connectivity index (χ4v) is 7.20. The number of H-pyrrole nitrogens is 2. The van der Waals surface area contributed by atoms with Crippen LogP contribution < -0.4 is 0 Å². The highest BCUT2D eigenvalue weighted by Crippen LogP contribution is 2.37. The molecule has 2 aliphatic heterocycles. The minimum absolute atomic E-state index is 0.00361. The number of amides is 2. The Morgan fingerprint density at radius 3 is 1.72 bits per heavy atom. The second kappa shape index (κ2) is 12.3. The predicted molar refractivity (Wildman–Crippen MR) is 188 cm³/mol. The Balaban J connectivity index is 1.10. The number of carbonyl (C=O) groups excluding carboxylic acids is 2. The number of imidazole rings is 2. The molecular weight excluding hydrogens is 584 g/mol. The van der Waals surface area contributed by atoms with Crippen molar-refractivity contribution >= 4 is 33.9 Å². The van der Waals surface area contributed by atoms with Gasteiger partial charge in [-0.25, -0.2) is 9.97 Å². The van der Waals surface area contributed by atoms with E-state index in [9.17, 15) is 9.59 Å². The highest BCUT2D eigenvalue weighted by atomic mass is 16.2. The maximum atomic E-state index is 13.3. The van der Waals surface area contributed by atoms with Crippen molar-refractivity contribution in [1.29, 1.82) is 0 Å². The van der Waals surface area contributed by atoms with Crippen LogP contribution in [0.15, 0.2) is 60.7 Å². The lowest BCUT2D eigenvalue weighted by Crippen LogP contribution is -2.40. The standard InChI is InChI=1S/C39H46N6O2/c1-6-24(3)37(46)44-20-8-10-33(44)35-40-29-18-16-27(22-31(29)42-35)25-12-14-26(15-13-25)28-17-19-30-32(23-28)43-36(41-30)34-11-9-21-45(34)38(47)39(4,5)7-2/h12-19,22-24,33-34H,6-11,20-21H2,1-5H3,(H,40,42)(H,41,43). The summed E-state index contributed by atoms with van der Waals surface area (Å²) in [5.74, 6) is 2.24. The summed E-state index contributed by atoms with van der Waals surface area (Å²) in [6.07, 6.45) is 5.55. The first kappa shape index (κ1) is 31.2. The molecular formula is C39H46N6O2. The van der Waals surface area contributed by atoms with Gasteiger partial charge in [0.2, 0.25) is 11.8 Å². The van der Waals surface area contributed by atoms with Gasteiger partial charge in [0.15, 0.2) is 0 Å². The van der Waals surface area contributed by atoms with Gasteiger partial charge in [0, 0.05) is 24.4 Å². The van der Waals surface area contributed by atoms with E-state index in [1.54, 1.807) is 0 Å². The van der Waals surface area contributed by atoms with Gasteiger partial charge in [-0.3, -0.25) is 9.59 Å². The molecule has 2 aliphatic rings. The molecule has 47 heavy (non-hydrogen) atoms. The third-order valence-corrected chi connectivity index (χ3v) is 10.7. The van der Waals surface area contributed by atoms with E-state index in [-0.39, 0.29) is 35.2 Å². The first-order valence-electron chi connectivity index (χ1n) is 17.4. The SMILES string of the molecule is CCC(C)C(=O)N1CCCC1c1nc2ccc(-c3ccc(-c4ccc5nc(C6CCCN6C(=O)C(C)(C)CC)[nH]c5c4)cc3)cc2[nH]1. The zero-order chi connectivity index (χ0) is 32.9. The molecule has 2 amide bonds. The van der Waals surface area contributed by atoms with Gasteiger partial charge >= 0.3 is 0 Å². The Bertz CT molecular complexity index is 1940. The molecule has 8 nitrogen and oxygen atoms in total. The summed E-state index contributed by atoms with van der Waals surface area (Å²) >= 11 is 0. The molecule has 4 heterocycles. The number of fused-ring (bicyclic) bond motifs is 2. The highest BCUT2D eigenvalue weighted by Gasteiger charge is 2.38. The zero-order valence-corrected chi connectivity index (χ0v) is 28.3. The minimum atomic E-state index is -0.368. The number of rotatable bonds is 8. The quantitative estimate of drug-likeness (QED) is 0.179. The number of nitrogens with one attached hydrogen (secondary N) is 2. The van der Waals surface area contributed by atoms with E-state index >= 15 is 0 Å². The number of hydrogen-bond donors (Lipinski definition) is 2. The molecule has 2 fully saturated rings. The van der Waals surface area contributed by atoms with Crippen molar-refractivity contribution in [2.75, 3.05) is 13.1 Å². The Morgan fingerprint density at radius 1 is 0.766 bits per heavy atom. The van der Waals surface area contributed by atoms with Crippen LogP contribution in [0.1, 0.15) is 96.9 Å². The predicted octanol–water partition coefficient (Wildman–Crippen LogP) is 8.58. The largest absolute Gasteiger partial charge is 0.340 e. The summed E-state index contributed by atoms with van der Waals surface area (Å²) in [7, 11) is 0. The third-order valence-electron chi connectivity index (χ3n) is 10.7. The molecule has 0 bridgehead atoms. The molecule has 2 N–H and O–H groups in total. The lowest BCUT2D eigenvalue weighted by Gasteiger charge is -2.31. The molecule has 3 unspecified atom stereocenters. The van der Waals surface area contributed by atoms with Crippen LogP contribution in [0, 0.1) is 11.3 Å². The van der Waals surface area contributed by atoms with E-state index in [0.717, 1.165) is 108 Å². The molecule has 3 aromatic carbocycles. The average Bonchev–Trinajstić information content (AvgIpc) is 3.91. The topological polar surface area (TPSA) is 98.0 Å². The smallest absolute Gasteiger partial charge is 0.228 e. The van der Waals surface area contributed by atoms with Crippen LogP contribution in [-0.4, -0.2) is 54.6 Å². The fraction of sp³-hybridized carbons (Fsp3) is 0.436. The van der Waals surface area contributed by atoms with E-state index in [2.05, 4.69) is 84.5 Å². The molecule has 8 heteroatoms. The molecule has 244 valence electrons. The van der Waals surface area contributed by atoms with Crippen molar-refractivity contribution in [3.8, 4) is 22.3 Å². The molecule has 0 spiro atoms. The van der Waals surface area contributed by atoms with E-state index in [4.69, 9.17) is 9.97 Å². The zero-order valence-electron chi connectivity index (χ0n) is 28.3. The van der Waals surface area contributed by atoms with Crippen molar-refractivity contribution in [1.82, 2.24) is 29.7 Å². The lowest BCUT2D eigenvalue weighted by molar-refractivity contribution is -0.141. The summed E-state index contributed by atoms with van der Waals surface area (Å²) in [5, 5.41) is 0. The van der Waals surface area contributed by atoms with E-state index in [1.807, 2.05) is 30.6 Å². The number of carbonyl (C=O) groups is 2. The summed E-state index contributed by atoms with van der Waals surface area (Å²) in [5.41, 5.74) is 7.96. The summed E-state index contributed by atoms with van der Waals surface area (Å²) in [6.45, 7) is 11.8. The van der Waals surface area contributed by atoms with E-state index in [0.29, 0.717) is 0 Å². The van der Waals surface area contributed by atoms with Gasteiger partial charge < -0.3 is 19.8 Å². The van der Waals surface area contributed by atoms with E-state index in [1.165, 1.54) is 0 Å². The van der Waals surface area contributed by atoms with Crippen LogP contribution in [0.4, 0.5) is 0 Å². The van der Waals surface area contributed by atoms with Crippen molar-refractivity contribution in [3.05, 3.63) is 72.3 Å². The minimum Gasteiger partial charge on any atom is -0.340 e. The average molecular weight is 631 g/mol. The van der Waals surface area contributed by atoms with Crippen molar-refractivity contribution in [2.45, 2.75) is 85.2 Å². The molecule has 5 aromatic rings. The lowest BCUT2D eigenvalue weighted by atomic mass is 9.88. The monoisotopic (exact) mass is 630 g/mol. The number of nitrogens with zero attached hydrogens (tertiary/aromatic N) is 4. The molecule has 7 rings (SSSR count). The maximum Gasteiger partial charge on any atom is 0.228 e. The van der Waals surface area contributed by atoms with Crippen molar-refractivity contribution < 1.29 is 9.59 Å². The molecule has 0 saturated carbocycles. The number of likely N-dealkylation sites (tertiary alicyclic amines) is 2. The molecule has 0 aliphatic carbocycles. The highest BCUT2D eigenvalue weighted by molar-refractivity contribution is 5.86. The van der Waals surface area contributed by atoms with Crippen molar-refractivity contribution in [3.63, 3.8) is 0 Å². The number of benzene rings is 3. The Labute approximate surface area is 277 Å². The number of aromatic amines is 2. The molecule has 2 saturated heterocycles. The van der Waals surface area contributed by atoms with E-state index < -0.39 is 0 Å². The number of hydrogen-bond acceptors (Lipinski definition) is 4. The Hall–Kier alpha value is -4.46. The fourth-order valence-electron chi connectivity index (χ4n) is 7.20. The van der Waals surface area contributed by atoms with Crippen LogP contribution in [0.2, 0.25) is 0 Å². The van der Waals surface area contributed by atoms with Gasteiger partial charge in [-0.15, -0.1) is 0 Å². The number of aromatic nitrogens is 4.